The molecule has 1 saturated heterocycles. The summed E-state index contributed by atoms with van der Waals surface area (Å²) in [4.78, 5) is 27.9. The van der Waals surface area contributed by atoms with Gasteiger partial charge in [-0.15, -0.1) is 0 Å². The van der Waals surface area contributed by atoms with Crippen molar-refractivity contribution in [3.8, 4) is 0 Å². The second-order valence-corrected chi connectivity index (χ2v) is 13.8. The lowest BCUT2D eigenvalue weighted by molar-refractivity contribution is -0.135. The van der Waals surface area contributed by atoms with Crippen LogP contribution in [0.25, 0.3) is 10.8 Å². The Bertz CT molecular complexity index is 1260. The fraction of sp³-hybridized carbons (Fsp3) is 0.586. The first kappa shape index (κ1) is 28.4. The smallest absolute Gasteiger partial charge is 0.408 e. The fourth-order valence-electron chi connectivity index (χ4n) is 5.17. The highest BCUT2D eigenvalue weighted by Gasteiger charge is 2.44. The number of hydrogen-bond acceptors (Lipinski definition) is 5. The molecule has 0 unspecified atom stereocenters. The monoisotopic (exact) mass is 543 g/mol. The molecule has 2 aromatic carbocycles. The lowest BCUT2D eigenvalue weighted by Crippen LogP contribution is -2.54. The number of nitrogens with zero attached hydrogens (tertiary/aromatic N) is 2. The number of carbonyl (C=O) groups excluding carboxylic acids is 2. The van der Waals surface area contributed by atoms with E-state index in [1.807, 2.05) is 44.2 Å². The number of rotatable bonds is 8. The molecule has 1 atom stereocenters. The molecule has 2 aliphatic rings. The molecule has 0 bridgehead atoms. The maximum absolute atomic E-state index is 13.8. The van der Waals surface area contributed by atoms with Gasteiger partial charge >= 0.3 is 6.09 Å². The normalized spacial score (nSPS) is 18.1. The predicted molar refractivity (Wildman–Crippen MR) is 148 cm³/mol. The van der Waals surface area contributed by atoms with E-state index < -0.39 is 27.8 Å². The molecule has 2 aromatic rings. The molecular formula is C29H41N3O5S. The average molecular weight is 544 g/mol. The lowest BCUT2D eigenvalue weighted by atomic mass is 10.00. The summed E-state index contributed by atoms with van der Waals surface area (Å²) >= 11 is 0. The van der Waals surface area contributed by atoms with Crippen LogP contribution in [0.2, 0.25) is 0 Å². The summed E-state index contributed by atoms with van der Waals surface area (Å²) in [6.45, 7) is 10.3. The first-order valence-corrected chi connectivity index (χ1v) is 15.1. The molecule has 0 aromatic heterocycles. The average Bonchev–Trinajstić information content (AvgIpc) is 3.67. The van der Waals surface area contributed by atoms with Gasteiger partial charge in [0.1, 0.15) is 11.6 Å². The third-order valence-electron chi connectivity index (χ3n) is 7.04. The summed E-state index contributed by atoms with van der Waals surface area (Å²) in [5.41, 5.74) is -0.656. The van der Waals surface area contributed by atoms with E-state index in [0.717, 1.165) is 23.6 Å². The largest absolute Gasteiger partial charge is 0.444 e. The number of alkyl carbamates (subject to hydrolysis) is 1. The highest BCUT2D eigenvalue weighted by atomic mass is 32.2. The van der Waals surface area contributed by atoms with E-state index in [1.54, 1.807) is 42.1 Å². The maximum atomic E-state index is 13.8. The predicted octanol–water partition coefficient (Wildman–Crippen LogP) is 4.92. The van der Waals surface area contributed by atoms with Gasteiger partial charge in [-0.05, 0) is 81.7 Å². The van der Waals surface area contributed by atoms with Gasteiger partial charge in [-0.1, -0.05) is 44.2 Å². The van der Waals surface area contributed by atoms with E-state index in [2.05, 4.69) is 5.32 Å². The third kappa shape index (κ3) is 6.86. The molecule has 1 N–H and O–H groups in total. The zero-order valence-electron chi connectivity index (χ0n) is 23.1. The van der Waals surface area contributed by atoms with Crippen molar-refractivity contribution in [1.82, 2.24) is 14.5 Å². The van der Waals surface area contributed by atoms with Crippen LogP contribution < -0.4 is 5.32 Å². The van der Waals surface area contributed by atoms with Crippen LogP contribution in [-0.4, -0.2) is 66.4 Å². The molecule has 1 aliphatic carbocycles. The van der Waals surface area contributed by atoms with Crippen molar-refractivity contribution in [3.05, 3.63) is 42.5 Å². The van der Waals surface area contributed by atoms with E-state index in [9.17, 15) is 18.0 Å². The van der Waals surface area contributed by atoms with Gasteiger partial charge in [0, 0.05) is 25.2 Å². The number of amides is 2. The summed E-state index contributed by atoms with van der Waals surface area (Å²) in [6.07, 6.45) is 2.76. The van der Waals surface area contributed by atoms with E-state index in [4.69, 9.17) is 4.74 Å². The standard InChI is InChI=1S/C29H41N3O5S/c1-20(2)18-26(30-28(34)37-29(3,4)5)27(33)31-16-14-24(15-17-31)32(23-11-12-23)38(35,36)25-13-10-21-8-6-7-9-22(21)19-25/h6-10,13,19-20,23-24,26H,11-12,14-18H2,1-5H3,(H,30,34)/t26-/m1/s1. The van der Waals surface area contributed by atoms with Crippen LogP contribution >= 0.6 is 0 Å². The minimum Gasteiger partial charge on any atom is -0.444 e. The van der Waals surface area contributed by atoms with Crippen molar-refractivity contribution < 1.29 is 22.7 Å². The van der Waals surface area contributed by atoms with Gasteiger partial charge in [-0.2, -0.15) is 4.31 Å². The van der Waals surface area contributed by atoms with E-state index in [1.165, 1.54) is 0 Å². The number of fused-ring (bicyclic) bond motifs is 1. The molecule has 38 heavy (non-hydrogen) atoms. The second-order valence-electron chi connectivity index (χ2n) is 12.0. The van der Waals surface area contributed by atoms with Crippen molar-refractivity contribution >= 4 is 32.8 Å². The Kier molecular flexibility index (Phi) is 8.37. The van der Waals surface area contributed by atoms with E-state index in [-0.39, 0.29) is 23.9 Å². The Morgan fingerprint density at radius 1 is 1.00 bits per heavy atom. The van der Waals surface area contributed by atoms with E-state index in [0.29, 0.717) is 37.2 Å². The lowest BCUT2D eigenvalue weighted by Gasteiger charge is -2.39. The molecule has 2 fully saturated rings. The summed E-state index contributed by atoms with van der Waals surface area (Å²) in [5, 5.41) is 4.67. The Morgan fingerprint density at radius 2 is 1.61 bits per heavy atom. The molecule has 8 nitrogen and oxygen atoms in total. The number of ether oxygens (including phenoxy) is 1. The molecule has 9 heteroatoms. The molecule has 208 valence electrons. The van der Waals surface area contributed by atoms with Crippen LogP contribution in [0.3, 0.4) is 0 Å². The first-order chi connectivity index (χ1) is 17.8. The van der Waals surface area contributed by atoms with Crippen LogP contribution in [0.15, 0.2) is 47.4 Å². The van der Waals surface area contributed by atoms with Gasteiger partial charge in [0.15, 0.2) is 0 Å². The Labute approximate surface area is 226 Å². The fourth-order valence-corrected chi connectivity index (χ4v) is 7.14. The molecule has 1 heterocycles. The van der Waals surface area contributed by atoms with Crippen molar-refractivity contribution in [1.29, 1.82) is 0 Å². The van der Waals surface area contributed by atoms with Crippen molar-refractivity contribution in [2.45, 2.75) is 95.3 Å². The van der Waals surface area contributed by atoms with Crippen molar-refractivity contribution in [3.63, 3.8) is 0 Å². The number of likely N-dealkylation sites (tertiary alicyclic amines) is 1. The second kappa shape index (κ2) is 11.2. The molecule has 1 saturated carbocycles. The summed E-state index contributed by atoms with van der Waals surface area (Å²) < 4.78 is 34.7. The zero-order valence-corrected chi connectivity index (χ0v) is 24.0. The highest BCUT2D eigenvalue weighted by molar-refractivity contribution is 7.89. The van der Waals surface area contributed by atoms with Crippen LogP contribution in [0, 0.1) is 5.92 Å². The Morgan fingerprint density at radius 3 is 2.18 bits per heavy atom. The summed E-state index contributed by atoms with van der Waals surface area (Å²) in [5.74, 6) is 0.0623. The van der Waals surface area contributed by atoms with Gasteiger partial charge in [0.2, 0.25) is 15.9 Å². The molecule has 1 aliphatic heterocycles. The van der Waals surface area contributed by atoms with Crippen LogP contribution in [0.4, 0.5) is 4.79 Å². The maximum Gasteiger partial charge on any atom is 0.408 e. The number of nitrogens with one attached hydrogen (secondary N) is 1. The van der Waals surface area contributed by atoms with Gasteiger partial charge in [0.25, 0.3) is 0 Å². The topological polar surface area (TPSA) is 96.0 Å². The van der Waals surface area contributed by atoms with Crippen LogP contribution in [0.1, 0.15) is 66.7 Å². The highest BCUT2D eigenvalue weighted by Crippen LogP contribution is 2.37. The molecule has 0 spiro atoms. The van der Waals surface area contributed by atoms with Gasteiger partial charge in [-0.25, -0.2) is 13.2 Å². The number of sulfonamides is 1. The molecular weight excluding hydrogens is 502 g/mol. The van der Waals surface area contributed by atoms with Gasteiger partial charge in [-0.3, -0.25) is 4.79 Å². The Balaban J connectivity index is 1.45. The Hall–Kier alpha value is -2.65. The zero-order chi connectivity index (χ0) is 27.7. The number of benzene rings is 2. The van der Waals surface area contributed by atoms with Gasteiger partial charge in [0.05, 0.1) is 4.90 Å². The van der Waals surface area contributed by atoms with Crippen molar-refractivity contribution in [2.75, 3.05) is 13.1 Å². The summed E-state index contributed by atoms with van der Waals surface area (Å²) in [6, 6.07) is 12.3. The minimum atomic E-state index is -3.68. The number of hydrogen-bond donors (Lipinski definition) is 1. The third-order valence-corrected chi connectivity index (χ3v) is 9.04. The quantitative estimate of drug-likeness (QED) is 0.510. The SMILES string of the molecule is CC(C)C[C@@H](NC(=O)OC(C)(C)C)C(=O)N1CCC(N(C2CC2)S(=O)(=O)c2ccc3ccccc3c2)CC1. The molecule has 0 radical (unpaired) electrons. The molecule has 2 amide bonds. The van der Waals surface area contributed by atoms with Gasteiger partial charge < -0.3 is 15.0 Å². The van der Waals surface area contributed by atoms with Crippen LogP contribution in [-0.2, 0) is 19.6 Å². The molecule has 4 rings (SSSR count). The van der Waals surface area contributed by atoms with Crippen molar-refractivity contribution in [2.24, 2.45) is 5.92 Å². The first-order valence-electron chi connectivity index (χ1n) is 13.7. The number of carbonyl (C=O) groups is 2. The number of piperidine rings is 1. The summed E-state index contributed by atoms with van der Waals surface area (Å²) in [7, 11) is -3.68. The minimum absolute atomic E-state index is 0.0150. The van der Waals surface area contributed by atoms with E-state index >= 15 is 0 Å². The van der Waals surface area contributed by atoms with Crippen LogP contribution in [0.5, 0.6) is 0 Å².